The summed E-state index contributed by atoms with van der Waals surface area (Å²) in [6.45, 7) is 11.5. The molecule has 4 bridgehead atoms. The van der Waals surface area contributed by atoms with E-state index in [0.717, 1.165) is 83.4 Å². The van der Waals surface area contributed by atoms with Crippen LogP contribution in [0, 0.1) is 100 Å². The highest BCUT2D eigenvalue weighted by Gasteiger charge is 2.81. The number of hydrogen-bond donors (Lipinski definition) is 4. The average Bonchev–Trinajstić information content (AvgIpc) is 3.41. The maximum absolute atomic E-state index is 10.9. The third-order valence-electron chi connectivity index (χ3n) is 19.3. The minimum absolute atomic E-state index is 0.0356. The molecular weight excluding hydrogens is 590 g/mol. The Hall–Kier alpha value is -0.200. The summed E-state index contributed by atoms with van der Waals surface area (Å²) in [6, 6.07) is 0. The first-order chi connectivity index (χ1) is 23.0. The van der Waals surface area contributed by atoms with Gasteiger partial charge in [0.05, 0.1) is 24.4 Å². The Morgan fingerprint density at radius 3 is 2.42 bits per heavy atom. The van der Waals surface area contributed by atoms with E-state index in [4.69, 9.17) is 16.2 Å². The fourth-order valence-electron chi connectivity index (χ4n) is 19.0. The zero-order valence-electron chi connectivity index (χ0n) is 31.3. The molecule has 19 unspecified atom stereocenters. The van der Waals surface area contributed by atoms with Crippen molar-refractivity contribution in [3.05, 3.63) is 0 Å². The molecule has 5 nitrogen and oxygen atoms in total. The van der Waals surface area contributed by atoms with Crippen LogP contribution in [0.3, 0.4) is 0 Å². The Kier molecular flexibility index (Phi) is 7.38. The quantitative estimate of drug-likeness (QED) is 0.315. The van der Waals surface area contributed by atoms with Crippen molar-refractivity contribution in [2.24, 2.45) is 106 Å². The Bertz CT molecular complexity index is 1260. The lowest BCUT2D eigenvalue weighted by molar-refractivity contribution is -0.704. The standard InChI is InChI=1S/C43H71N3O2/c1-23(2)16-24-14-15-41(17-24)18-31-34(26-9-13-33(44)46-20-26)28-7-5-6-25-8-11-29-37(35(25)28)36(31)32(19-41)43-22-42(45)27(21-47)10-12-30(38(29)43)39(42)40(3,4)48-43/h23-39,46-47H,5-22,44-45H2,1-4H3/p+2. The first-order valence-electron chi connectivity index (χ1n) is 21.7. The Labute approximate surface area is 292 Å². The number of ether oxygens (including phenoxy) is 1. The number of rotatable bonds is 4. The third-order valence-corrected chi connectivity index (χ3v) is 19.3. The number of quaternary nitrogens is 2. The minimum atomic E-state index is -0.148. The number of aliphatic hydroxyl groups excluding tert-OH is 1. The largest absolute Gasteiger partial charge is 0.396 e. The number of hydrogen-bond acceptors (Lipinski definition) is 3. The van der Waals surface area contributed by atoms with Gasteiger partial charge in [-0.25, -0.2) is 0 Å². The molecule has 11 rings (SSSR count). The number of fused-ring (bicyclic) bond motifs is 1. The van der Waals surface area contributed by atoms with E-state index >= 15 is 0 Å². The maximum atomic E-state index is 10.9. The molecule has 5 heteroatoms. The van der Waals surface area contributed by atoms with Crippen LogP contribution < -0.4 is 16.8 Å². The molecule has 3 saturated heterocycles. The molecular formula is C43H73N3O2+2. The van der Waals surface area contributed by atoms with Crippen molar-refractivity contribution in [1.82, 2.24) is 0 Å². The Morgan fingerprint density at radius 1 is 0.833 bits per heavy atom. The maximum Gasteiger partial charge on any atom is 0.137 e. The first-order valence-corrected chi connectivity index (χ1v) is 21.7. The molecule has 270 valence electrons. The molecule has 11 aliphatic rings. The summed E-state index contributed by atoms with van der Waals surface area (Å²) >= 11 is 0. The number of aliphatic hydroxyl groups is 1. The van der Waals surface area contributed by atoms with Crippen molar-refractivity contribution < 1.29 is 20.9 Å². The lowest BCUT2D eigenvalue weighted by Gasteiger charge is -2.80. The zero-order chi connectivity index (χ0) is 33.0. The second kappa shape index (κ2) is 10.9. The number of piperidine rings is 1. The molecule has 8 aliphatic carbocycles. The van der Waals surface area contributed by atoms with Gasteiger partial charge in [-0.2, -0.15) is 0 Å². The van der Waals surface area contributed by atoms with E-state index in [2.05, 4.69) is 33.0 Å². The molecule has 0 aromatic heterocycles. The fourth-order valence-corrected chi connectivity index (χ4v) is 19.0. The molecule has 19 atom stereocenters. The topological polar surface area (TPSA) is 99.7 Å². The van der Waals surface area contributed by atoms with Crippen LogP contribution >= 0.6 is 0 Å². The summed E-state index contributed by atoms with van der Waals surface area (Å²) in [5, 5.41) is 13.5. The van der Waals surface area contributed by atoms with Gasteiger partial charge in [-0.15, -0.1) is 0 Å². The third kappa shape index (κ3) is 4.27. The molecule has 3 heterocycles. The summed E-state index contributed by atoms with van der Waals surface area (Å²) in [4.78, 5) is 0. The van der Waals surface area contributed by atoms with Crippen LogP contribution in [0.25, 0.3) is 0 Å². The van der Waals surface area contributed by atoms with Crippen molar-refractivity contribution in [1.29, 1.82) is 0 Å². The van der Waals surface area contributed by atoms with Crippen molar-refractivity contribution in [3.8, 4) is 0 Å². The molecule has 0 amide bonds. The van der Waals surface area contributed by atoms with Gasteiger partial charge in [-0.05, 0) is 173 Å². The second-order valence-electron chi connectivity index (χ2n) is 22.0. The molecule has 8 N–H and O–H groups in total. The highest BCUT2D eigenvalue weighted by atomic mass is 16.5. The lowest BCUT2D eigenvalue weighted by Crippen LogP contribution is -2.95. The summed E-state index contributed by atoms with van der Waals surface area (Å²) in [6.07, 6.45) is 23.0. The SMILES string of the molecule is CC(C)CC1CCC2(C1)CC1C(C3CCC(N)[NH2+]C3)C3CCCC4CCC5C(C43)C1C(C2)C12CC3([NH3+])C(CO)CCC(C3C(C)(C)O1)C52. The molecule has 0 aromatic rings. The van der Waals surface area contributed by atoms with Crippen LogP contribution in [0.4, 0.5) is 0 Å². The highest BCUT2D eigenvalue weighted by molar-refractivity contribution is 5.28. The van der Waals surface area contributed by atoms with E-state index in [-0.39, 0.29) is 16.7 Å². The average molecular weight is 664 g/mol. The van der Waals surface area contributed by atoms with Gasteiger partial charge in [0.1, 0.15) is 11.7 Å². The monoisotopic (exact) mass is 664 g/mol. The first kappa shape index (κ1) is 32.5. The molecule has 2 spiro atoms. The molecule has 0 radical (unpaired) electrons. The summed E-state index contributed by atoms with van der Waals surface area (Å²) < 4.78 is 8.02. The predicted octanol–water partition coefficient (Wildman–Crippen LogP) is 5.60. The lowest BCUT2D eigenvalue weighted by atomic mass is 9.29. The predicted molar refractivity (Wildman–Crippen MR) is 189 cm³/mol. The van der Waals surface area contributed by atoms with E-state index in [9.17, 15) is 5.11 Å². The Balaban J connectivity index is 1.15. The summed E-state index contributed by atoms with van der Waals surface area (Å²) in [7, 11) is 0. The van der Waals surface area contributed by atoms with Crippen LogP contribution in [-0.4, -0.2) is 41.2 Å². The molecule has 0 aromatic carbocycles. The number of nitrogens with two attached hydrogens (primary N) is 2. The van der Waals surface area contributed by atoms with Crippen molar-refractivity contribution >= 4 is 0 Å². The van der Waals surface area contributed by atoms with Crippen molar-refractivity contribution in [3.63, 3.8) is 0 Å². The van der Waals surface area contributed by atoms with E-state index in [0.29, 0.717) is 35.9 Å². The van der Waals surface area contributed by atoms with Crippen molar-refractivity contribution in [2.75, 3.05) is 13.2 Å². The highest BCUT2D eigenvalue weighted by Crippen LogP contribution is 2.79. The smallest absolute Gasteiger partial charge is 0.137 e. The molecule has 3 aliphatic heterocycles. The molecule has 8 saturated carbocycles. The van der Waals surface area contributed by atoms with Crippen LogP contribution in [0.2, 0.25) is 0 Å². The van der Waals surface area contributed by atoms with Crippen LogP contribution in [0.15, 0.2) is 0 Å². The summed E-state index contributed by atoms with van der Waals surface area (Å²) in [5.41, 5.74) is 12.2. The summed E-state index contributed by atoms with van der Waals surface area (Å²) in [5.74, 6) is 13.0. The molecule has 48 heavy (non-hydrogen) atoms. The van der Waals surface area contributed by atoms with Gasteiger partial charge >= 0.3 is 0 Å². The van der Waals surface area contributed by atoms with Gasteiger partial charge in [0.25, 0.3) is 0 Å². The van der Waals surface area contributed by atoms with Crippen LogP contribution in [0.1, 0.15) is 130 Å². The van der Waals surface area contributed by atoms with E-state index in [1.165, 1.54) is 103 Å². The minimum Gasteiger partial charge on any atom is -0.396 e. The van der Waals surface area contributed by atoms with Gasteiger partial charge in [0.15, 0.2) is 0 Å². The zero-order valence-corrected chi connectivity index (χ0v) is 31.3. The van der Waals surface area contributed by atoms with Crippen LogP contribution in [0.5, 0.6) is 0 Å². The normalized spacial score (nSPS) is 60.5. The fraction of sp³-hybridized carbons (Fsp3) is 1.00. The van der Waals surface area contributed by atoms with E-state index < -0.39 is 0 Å². The van der Waals surface area contributed by atoms with Gasteiger partial charge in [-0.1, -0.05) is 26.7 Å². The van der Waals surface area contributed by atoms with Crippen LogP contribution in [-0.2, 0) is 4.74 Å². The van der Waals surface area contributed by atoms with Gasteiger partial charge in [0, 0.05) is 30.6 Å². The van der Waals surface area contributed by atoms with Gasteiger partial charge in [0.2, 0.25) is 0 Å². The van der Waals surface area contributed by atoms with Crippen molar-refractivity contribution in [2.45, 2.75) is 153 Å². The van der Waals surface area contributed by atoms with E-state index in [1.807, 2.05) is 0 Å². The van der Waals surface area contributed by atoms with Gasteiger partial charge < -0.3 is 20.9 Å². The van der Waals surface area contributed by atoms with Gasteiger partial charge in [-0.3, -0.25) is 5.73 Å². The Morgan fingerprint density at radius 2 is 1.65 bits per heavy atom. The molecule has 11 fully saturated rings. The second-order valence-corrected chi connectivity index (χ2v) is 22.0. The van der Waals surface area contributed by atoms with E-state index in [1.54, 1.807) is 0 Å².